The van der Waals surface area contributed by atoms with Crippen molar-refractivity contribution in [1.29, 1.82) is 0 Å². The molecule has 6 N–H and O–H groups in total. The molecule has 1 heterocycles. The third kappa shape index (κ3) is 11.8. The normalized spacial score (nSPS) is 17.7. The summed E-state index contributed by atoms with van der Waals surface area (Å²) in [5.74, 6) is -0.0975. The molecule has 0 unspecified atom stereocenters. The zero-order valence-corrected chi connectivity index (χ0v) is 33.4. The Labute approximate surface area is 342 Å². The molecule has 0 spiro atoms. The van der Waals surface area contributed by atoms with Gasteiger partial charge in [0.1, 0.15) is 0 Å². The number of likely N-dealkylation sites (N-methyl/N-ethyl adjacent to an activating group) is 1. The molecule has 304 valence electrons. The van der Waals surface area contributed by atoms with Crippen molar-refractivity contribution in [1.82, 2.24) is 10.2 Å². The molecule has 10 nitrogen and oxygen atoms in total. The number of nitrogens with zero attached hydrogens (tertiary/aromatic N) is 1. The lowest BCUT2D eigenvalue weighted by atomic mass is 9.98. The topological polar surface area (TPSA) is 146 Å². The van der Waals surface area contributed by atoms with Gasteiger partial charge in [-0.3, -0.25) is 14.5 Å². The number of rotatable bonds is 18. The number of ether oxygens (including phenoxy) is 2. The first-order chi connectivity index (χ1) is 28.2. The van der Waals surface area contributed by atoms with Gasteiger partial charge in [-0.2, -0.15) is 0 Å². The summed E-state index contributed by atoms with van der Waals surface area (Å²) < 4.78 is 13.2. The van der Waals surface area contributed by atoms with Crippen molar-refractivity contribution in [2.45, 2.75) is 89.2 Å². The molecule has 5 aromatic carbocycles. The Balaban J connectivity index is 1.02. The Kier molecular flexibility index (Phi) is 15.2. The lowest BCUT2D eigenvalue weighted by molar-refractivity contribution is -0.253. The van der Waals surface area contributed by atoms with Crippen molar-refractivity contribution < 1.29 is 29.3 Å². The van der Waals surface area contributed by atoms with Crippen LogP contribution in [0.5, 0.6) is 0 Å². The summed E-state index contributed by atoms with van der Waals surface area (Å²) in [4.78, 5) is 27.0. The van der Waals surface area contributed by atoms with E-state index in [1.54, 1.807) is 12.1 Å². The summed E-state index contributed by atoms with van der Waals surface area (Å²) in [6.45, 7) is 3.03. The fourth-order valence-corrected chi connectivity index (χ4v) is 7.24. The van der Waals surface area contributed by atoms with Gasteiger partial charge in [0.15, 0.2) is 6.29 Å². The van der Waals surface area contributed by atoms with Crippen LogP contribution in [0.4, 0.5) is 11.4 Å². The number of hydrogen-bond acceptors (Lipinski definition) is 8. The molecular formula is C48H56N4O6. The number of nitrogens with two attached hydrogens (primary N) is 1. The van der Waals surface area contributed by atoms with Gasteiger partial charge in [0.2, 0.25) is 11.8 Å². The fourth-order valence-electron chi connectivity index (χ4n) is 7.24. The Morgan fingerprint density at radius 3 is 2.19 bits per heavy atom. The van der Waals surface area contributed by atoms with Crippen molar-refractivity contribution in [2.75, 3.05) is 24.6 Å². The fraction of sp³-hybridized carbons (Fsp3) is 0.333. The molecule has 2 amide bonds. The number of nitrogen functional groups attached to an aromatic ring is 1. The van der Waals surface area contributed by atoms with Gasteiger partial charge in [-0.25, -0.2) is 0 Å². The highest BCUT2D eigenvalue weighted by Crippen LogP contribution is 2.39. The molecule has 1 fully saturated rings. The maximum atomic E-state index is 12.6. The van der Waals surface area contributed by atoms with Gasteiger partial charge in [0.25, 0.3) is 0 Å². The molecule has 6 rings (SSSR count). The summed E-state index contributed by atoms with van der Waals surface area (Å²) >= 11 is 0. The molecule has 0 saturated carbocycles. The lowest BCUT2D eigenvalue weighted by Gasteiger charge is -2.39. The van der Waals surface area contributed by atoms with Crippen LogP contribution in [0.2, 0.25) is 0 Å². The Morgan fingerprint density at radius 1 is 0.776 bits per heavy atom. The van der Waals surface area contributed by atoms with E-state index in [4.69, 9.17) is 15.2 Å². The van der Waals surface area contributed by atoms with Gasteiger partial charge < -0.3 is 36.1 Å². The van der Waals surface area contributed by atoms with E-state index in [1.807, 2.05) is 105 Å². The average molecular weight is 785 g/mol. The molecule has 10 heteroatoms. The van der Waals surface area contributed by atoms with Crippen LogP contribution in [0.25, 0.3) is 11.1 Å². The number of carbonyl (C=O) groups is 2. The lowest BCUT2D eigenvalue weighted by Crippen LogP contribution is -2.43. The van der Waals surface area contributed by atoms with E-state index in [2.05, 4.69) is 39.8 Å². The van der Waals surface area contributed by atoms with Crippen LogP contribution in [0.15, 0.2) is 127 Å². The highest BCUT2D eigenvalue weighted by molar-refractivity contribution is 5.93. The first kappa shape index (κ1) is 42.3. The van der Waals surface area contributed by atoms with Crippen molar-refractivity contribution in [2.24, 2.45) is 0 Å². The molecule has 0 bridgehead atoms. The van der Waals surface area contributed by atoms with Crippen LogP contribution in [0.1, 0.15) is 91.8 Å². The van der Waals surface area contributed by atoms with Crippen molar-refractivity contribution >= 4 is 23.2 Å². The second-order valence-corrected chi connectivity index (χ2v) is 15.2. The minimum absolute atomic E-state index is 0.0160. The number of aliphatic hydroxyl groups excluding tert-OH is 2. The maximum Gasteiger partial charge on any atom is 0.224 e. The SMILES string of the molecule is C[C@@H]([C@H](O)c1ccccc1)N(C)C[C@@H]1C[C@H](c2ccc(CO)cc2)O[C@H](c2ccc(-c3cccc(CNC(=O)CCCCCC(=O)Nc4ccccc4N)c3)cc2)O1. The van der Waals surface area contributed by atoms with E-state index in [-0.39, 0.29) is 36.7 Å². The number of anilines is 2. The zero-order chi connectivity index (χ0) is 40.9. The molecule has 0 radical (unpaired) electrons. The summed E-state index contributed by atoms with van der Waals surface area (Å²) in [5.41, 5.74) is 13.8. The molecule has 1 aliphatic heterocycles. The summed E-state index contributed by atoms with van der Waals surface area (Å²) in [5, 5.41) is 26.6. The molecule has 0 aromatic heterocycles. The molecule has 1 saturated heterocycles. The molecule has 1 aliphatic rings. The number of nitrogens with one attached hydrogen (secondary N) is 2. The van der Waals surface area contributed by atoms with Crippen molar-refractivity contribution in [3.8, 4) is 11.1 Å². The first-order valence-electron chi connectivity index (χ1n) is 20.2. The van der Waals surface area contributed by atoms with E-state index >= 15 is 0 Å². The Hall–Kier alpha value is -5.36. The standard InChI is InChI=1S/C48H56N4O6/c1-33(47(56)38-13-5-3-6-14-38)52(2)31-41-29-44(37-22-20-34(32-53)21-23-37)58-48(57-41)39-26-24-36(25-27-39)40-15-11-12-35(28-40)30-50-45(54)18-7-4-8-19-46(55)51-43-17-10-9-16-42(43)49/h3,5-6,9-17,20-28,33,41,44,47-48,53,56H,4,7-8,18-19,29-32,49H2,1-2H3,(H,50,54)(H,51,55)/t33-,41-,44+,47-,48+/m0/s1. The number of unbranched alkanes of at least 4 members (excludes halogenated alkanes) is 2. The summed E-state index contributed by atoms with van der Waals surface area (Å²) in [6.07, 6.45) is 1.96. The first-order valence-corrected chi connectivity index (χ1v) is 20.2. The Morgan fingerprint density at radius 2 is 1.47 bits per heavy atom. The van der Waals surface area contributed by atoms with Gasteiger partial charge in [-0.1, -0.05) is 116 Å². The largest absolute Gasteiger partial charge is 0.397 e. The van der Waals surface area contributed by atoms with E-state index in [0.717, 1.165) is 45.4 Å². The minimum Gasteiger partial charge on any atom is -0.397 e. The Bertz CT molecular complexity index is 2060. The molecular weight excluding hydrogens is 729 g/mol. The monoisotopic (exact) mass is 784 g/mol. The van der Waals surface area contributed by atoms with Crippen molar-refractivity contribution in [3.05, 3.63) is 155 Å². The smallest absolute Gasteiger partial charge is 0.224 e. The summed E-state index contributed by atoms with van der Waals surface area (Å²) in [7, 11) is 2.01. The van der Waals surface area contributed by atoms with Crippen LogP contribution in [0.3, 0.4) is 0 Å². The predicted octanol–water partition coefficient (Wildman–Crippen LogP) is 8.23. The number of hydrogen-bond donors (Lipinski definition) is 5. The minimum atomic E-state index is -0.643. The van der Waals surface area contributed by atoms with E-state index in [0.29, 0.717) is 56.6 Å². The number of para-hydroxylation sites is 2. The van der Waals surface area contributed by atoms with Crippen LogP contribution in [0, 0.1) is 0 Å². The zero-order valence-electron chi connectivity index (χ0n) is 33.4. The molecule has 58 heavy (non-hydrogen) atoms. The molecule has 0 aliphatic carbocycles. The third-order valence-corrected chi connectivity index (χ3v) is 10.9. The van der Waals surface area contributed by atoms with E-state index in [1.165, 1.54) is 0 Å². The third-order valence-electron chi connectivity index (χ3n) is 10.9. The van der Waals surface area contributed by atoms with Gasteiger partial charge in [0, 0.05) is 44.0 Å². The highest BCUT2D eigenvalue weighted by atomic mass is 16.7. The molecule has 5 atom stereocenters. The number of carbonyl (C=O) groups excluding carboxylic acids is 2. The van der Waals surface area contributed by atoms with Crippen molar-refractivity contribution in [3.63, 3.8) is 0 Å². The highest BCUT2D eigenvalue weighted by Gasteiger charge is 2.34. The number of aliphatic hydroxyl groups is 2. The summed E-state index contributed by atoms with van der Waals surface area (Å²) in [6, 6.07) is 41.0. The average Bonchev–Trinajstić information content (AvgIpc) is 3.26. The predicted molar refractivity (Wildman–Crippen MR) is 228 cm³/mol. The maximum absolute atomic E-state index is 12.6. The van der Waals surface area contributed by atoms with Gasteiger partial charge in [-0.15, -0.1) is 0 Å². The van der Waals surface area contributed by atoms with Crippen LogP contribution >= 0.6 is 0 Å². The second-order valence-electron chi connectivity index (χ2n) is 15.2. The van der Waals surface area contributed by atoms with Crippen LogP contribution < -0.4 is 16.4 Å². The van der Waals surface area contributed by atoms with Gasteiger partial charge in [-0.05, 0) is 78.4 Å². The van der Waals surface area contributed by atoms with E-state index in [9.17, 15) is 19.8 Å². The van der Waals surface area contributed by atoms with Crippen LogP contribution in [-0.4, -0.2) is 52.7 Å². The molecule has 5 aromatic rings. The number of amides is 2. The van der Waals surface area contributed by atoms with Gasteiger partial charge >= 0.3 is 0 Å². The quantitative estimate of drug-likeness (QED) is 0.0442. The van der Waals surface area contributed by atoms with E-state index < -0.39 is 12.4 Å². The number of benzene rings is 5. The van der Waals surface area contributed by atoms with Crippen LogP contribution in [-0.2, 0) is 32.2 Å². The second kappa shape index (κ2) is 20.9. The van der Waals surface area contributed by atoms with Gasteiger partial charge in [0.05, 0.1) is 36.3 Å².